The number of nitrogens with zero attached hydrogens (tertiary/aromatic N) is 3. The Hall–Kier alpha value is -1.89. The highest BCUT2D eigenvalue weighted by Gasteiger charge is 2.42. The molecular weight excluding hydrogens is 238 g/mol. The largest absolute Gasteiger partial charge is 0.479 e. The van der Waals surface area contributed by atoms with Gasteiger partial charge in [-0.1, -0.05) is 0 Å². The van der Waals surface area contributed by atoms with Crippen molar-refractivity contribution >= 4 is 11.9 Å². The average molecular weight is 253 g/mol. The van der Waals surface area contributed by atoms with Gasteiger partial charge in [0.05, 0.1) is 5.69 Å². The van der Waals surface area contributed by atoms with Crippen molar-refractivity contribution in [2.75, 3.05) is 13.2 Å². The van der Waals surface area contributed by atoms with E-state index in [0.717, 1.165) is 0 Å². The van der Waals surface area contributed by atoms with Crippen LogP contribution in [-0.2, 0) is 21.4 Å². The van der Waals surface area contributed by atoms with Crippen LogP contribution in [0.15, 0.2) is 12.3 Å². The summed E-state index contributed by atoms with van der Waals surface area (Å²) in [5.41, 5.74) is 0.650. The van der Waals surface area contributed by atoms with Crippen molar-refractivity contribution in [3.05, 3.63) is 18.0 Å². The highest BCUT2D eigenvalue weighted by atomic mass is 16.5. The Bertz CT molecular complexity index is 469. The smallest absolute Gasteiger partial charge is 0.335 e. The molecule has 0 spiro atoms. The summed E-state index contributed by atoms with van der Waals surface area (Å²) in [6, 6.07) is 1.06. The van der Waals surface area contributed by atoms with E-state index >= 15 is 0 Å². The first-order chi connectivity index (χ1) is 8.56. The fourth-order valence-electron chi connectivity index (χ4n) is 2.22. The number of hydrogen-bond donors (Lipinski definition) is 1. The Kier molecular flexibility index (Phi) is 3.33. The molecule has 1 fully saturated rings. The number of likely N-dealkylation sites (N-methyl/N-ethyl adjacent to an activating group) is 1. The fourth-order valence-corrected chi connectivity index (χ4v) is 2.22. The maximum Gasteiger partial charge on any atom is 0.335 e. The first kappa shape index (κ1) is 12.6. The SMILES string of the molecule is CCN1C(=O)COC(C(=O)O)C1c1ccnn1C. The van der Waals surface area contributed by atoms with Gasteiger partial charge in [-0.2, -0.15) is 5.10 Å². The molecule has 18 heavy (non-hydrogen) atoms. The van der Waals surface area contributed by atoms with E-state index in [1.165, 1.54) is 4.90 Å². The van der Waals surface area contributed by atoms with Gasteiger partial charge in [0.1, 0.15) is 12.6 Å². The molecule has 0 saturated carbocycles. The Labute approximate surface area is 104 Å². The number of amides is 1. The summed E-state index contributed by atoms with van der Waals surface area (Å²) < 4.78 is 6.70. The van der Waals surface area contributed by atoms with Crippen LogP contribution in [-0.4, -0.2) is 50.9 Å². The van der Waals surface area contributed by atoms with Gasteiger partial charge < -0.3 is 14.7 Å². The molecule has 0 radical (unpaired) electrons. The van der Waals surface area contributed by atoms with E-state index < -0.39 is 18.1 Å². The summed E-state index contributed by atoms with van der Waals surface area (Å²) in [5, 5.41) is 13.2. The zero-order chi connectivity index (χ0) is 13.3. The normalized spacial score (nSPS) is 24.3. The van der Waals surface area contributed by atoms with Gasteiger partial charge in [-0.3, -0.25) is 9.48 Å². The molecule has 1 N–H and O–H groups in total. The molecule has 1 aliphatic rings. The number of ether oxygens (including phenoxy) is 1. The maximum atomic E-state index is 11.8. The molecule has 0 aliphatic carbocycles. The summed E-state index contributed by atoms with van der Waals surface area (Å²) in [5.74, 6) is -1.28. The van der Waals surface area contributed by atoms with Crippen LogP contribution >= 0.6 is 0 Å². The lowest BCUT2D eigenvalue weighted by Gasteiger charge is -2.38. The Morgan fingerprint density at radius 3 is 2.89 bits per heavy atom. The molecule has 7 heteroatoms. The minimum atomic E-state index is -1.08. The lowest BCUT2D eigenvalue weighted by atomic mass is 10.0. The fraction of sp³-hybridized carbons (Fsp3) is 0.545. The first-order valence-corrected chi connectivity index (χ1v) is 5.68. The van der Waals surface area contributed by atoms with Crippen LogP contribution in [0.25, 0.3) is 0 Å². The number of carbonyl (C=O) groups excluding carboxylic acids is 1. The third kappa shape index (κ3) is 1.97. The van der Waals surface area contributed by atoms with Gasteiger partial charge in [0.2, 0.25) is 5.91 Å². The monoisotopic (exact) mass is 253 g/mol. The van der Waals surface area contributed by atoms with E-state index in [1.54, 1.807) is 24.0 Å². The first-order valence-electron chi connectivity index (χ1n) is 5.68. The van der Waals surface area contributed by atoms with Crippen molar-refractivity contribution in [2.45, 2.75) is 19.1 Å². The van der Waals surface area contributed by atoms with Crippen LogP contribution < -0.4 is 0 Å². The molecule has 1 saturated heterocycles. The van der Waals surface area contributed by atoms with E-state index in [1.807, 2.05) is 6.92 Å². The quantitative estimate of drug-likeness (QED) is 0.806. The van der Waals surface area contributed by atoms with Crippen LogP contribution in [0.3, 0.4) is 0 Å². The zero-order valence-corrected chi connectivity index (χ0v) is 10.2. The second kappa shape index (κ2) is 4.77. The molecule has 1 aromatic heterocycles. The van der Waals surface area contributed by atoms with Gasteiger partial charge >= 0.3 is 5.97 Å². The van der Waals surface area contributed by atoms with Gasteiger partial charge in [-0.05, 0) is 13.0 Å². The third-order valence-electron chi connectivity index (χ3n) is 3.08. The van der Waals surface area contributed by atoms with Gasteiger partial charge in [-0.15, -0.1) is 0 Å². The van der Waals surface area contributed by atoms with E-state index in [0.29, 0.717) is 12.2 Å². The second-order valence-corrected chi connectivity index (χ2v) is 4.07. The Balaban J connectivity index is 2.43. The second-order valence-electron chi connectivity index (χ2n) is 4.07. The minimum absolute atomic E-state index is 0.195. The molecular formula is C11H15N3O4. The van der Waals surface area contributed by atoms with Crippen LogP contribution in [0.4, 0.5) is 0 Å². The number of carboxylic acid groups (broad SMARTS) is 1. The lowest BCUT2D eigenvalue weighted by molar-refractivity contribution is -0.173. The molecule has 2 rings (SSSR count). The Morgan fingerprint density at radius 2 is 2.39 bits per heavy atom. The Morgan fingerprint density at radius 1 is 1.67 bits per heavy atom. The van der Waals surface area contributed by atoms with Gasteiger partial charge in [-0.25, -0.2) is 4.79 Å². The van der Waals surface area contributed by atoms with Gasteiger partial charge in [0.15, 0.2) is 6.10 Å². The summed E-state index contributed by atoms with van der Waals surface area (Å²) in [6.45, 7) is 2.05. The summed E-state index contributed by atoms with van der Waals surface area (Å²) in [7, 11) is 1.71. The highest BCUT2D eigenvalue weighted by molar-refractivity contribution is 5.82. The van der Waals surface area contributed by atoms with E-state index in [4.69, 9.17) is 4.74 Å². The van der Waals surface area contributed by atoms with Crippen molar-refractivity contribution in [2.24, 2.45) is 7.05 Å². The molecule has 7 nitrogen and oxygen atoms in total. The molecule has 0 bridgehead atoms. The summed E-state index contributed by atoms with van der Waals surface area (Å²) in [4.78, 5) is 24.5. The summed E-state index contributed by atoms with van der Waals surface area (Å²) in [6.07, 6.45) is 0.513. The van der Waals surface area contributed by atoms with Crippen molar-refractivity contribution in [1.29, 1.82) is 0 Å². The highest BCUT2D eigenvalue weighted by Crippen LogP contribution is 2.29. The van der Waals surface area contributed by atoms with Gasteiger partial charge in [0.25, 0.3) is 0 Å². The van der Waals surface area contributed by atoms with Crippen molar-refractivity contribution in [3.63, 3.8) is 0 Å². The predicted molar refractivity (Wildman–Crippen MR) is 60.7 cm³/mol. The van der Waals surface area contributed by atoms with Crippen LogP contribution in [0.2, 0.25) is 0 Å². The average Bonchev–Trinajstić information content (AvgIpc) is 2.74. The predicted octanol–water partition coefficient (Wildman–Crippen LogP) is -0.207. The number of carboxylic acids is 1. The van der Waals surface area contributed by atoms with Crippen LogP contribution in [0, 0.1) is 0 Å². The topological polar surface area (TPSA) is 84.7 Å². The van der Waals surface area contributed by atoms with Crippen LogP contribution in [0.1, 0.15) is 18.7 Å². The minimum Gasteiger partial charge on any atom is -0.479 e. The molecule has 1 aromatic rings. The van der Waals surface area contributed by atoms with E-state index in [-0.39, 0.29) is 12.5 Å². The molecule has 1 aliphatic heterocycles. The molecule has 1 amide bonds. The number of aromatic nitrogens is 2. The van der Waals surface area contributed by atoms with Crippen molar-refractivity contribution < 1.29 is 19.4 Å². The summed E-state index contributed by atoms with van der Waals surface area (Å²) >= 11 is 0. The molecule has 98 valence electrons. The number of aryl methyl sites for hydroxylation is 1. The maximum absolute atomic E-state index is 11.8. The number of hydrogen-bond acceptors (Lipinski definition) is 4. The lowest BCUT2D eigenvalue weighted by Crippen LogP contribution is -2.52. The van der Waals surface area contributed by atoms with Crippen molar-refractivity contribution in [1.82, 2.24) is 14.7 Å². The number of morpholine rings is 1. The molecule has 2 unspecified atom stereocenters. The third-order valence-corrected chi connectivity index (χ3v) is 3.08. The van der Waals surface area contributed by atoms with E-state index in [9.17, 15) is 14.7 Å². The van der Waals surface area contributed by atoms with Gasteiger partial charge in [0, 0.05) is 19.8 Å². The molecule has 2 heterocycles. The number of aliphatic carboxylic acids is 1. The zero-order valence-electron chi connectivity index (χ0n) is 10.2. The standard InChI is InChI=1S/C11H15N3O4/c1-3-14-8(15)6-18-10(11(16)17)9(14)7-4-5-12-13(7)2/h4-5,9-10H,3,6H2,1-2H3,(H,16,17). The molecule has 0 aromatic carbocycles. The van der Waals surface area contributed by atoms with Crippen LogP contribution in [0.5, 0.6) is 0 Å². The van der Waals surface area contributed by atoms with Crippen molar-refractivity contribution in [3.8, 4) is 0 Å². The van der Waals surface area contributed by atoms with E-state index in [2.05, 4.69) is 5.10 Å². The number of carbonyl (C=O) groups is 2. The molecule has 2 atom stereocenters. The number of rotatable bonds is 3.